The van der Waals surface area contributed by atoms with Crippen LogP contribution in [0.25, 0.3) is 5.69 Å². The second-order valence-corrected chi connectivity index (χ2v) is 7.96. The van der Waals surface area contributed by atoms with Gasteiger partial charge in [-0.3, -0.25) is 19.7 Å². The highest BCUT2D eigenvalue weighted by Gasteiger charge is 2.40. The predicted octanol–water partition coefficient (Wildman–Crippen LogP) is 1.92. The molecule has 0 bridgehead atoms. The molecule has 32 heavy (non-hydrogen) atoms. The molecule has 2 aliphatic heterocycles. The summed E-state index contributed by atoms with van der Waals surface area (Å²) < 4.78 is 7.66. The van der Waals surface area contributed by atoms with Crippen LogP contribution in [0.2, 0.25) is 0 Å². The maximum absolute atomic E-state index is 12.9. The van der Waals surface area contributed by atoms with E-state index in [0.717, 1.165) is 16.8 Å². The smallest absolute Gasteiger partial charge is 0.255 e. The number of rotatable bonds is 5. The number of ether oxygens (including phenoxy) is 1. The fraction of sp³-hybridized carbons (Fsp3) is 0.261. The zero-order valence-electron chi connectivity index (χ0n) is 17.4. The van der Waals surface area contributed by atoms with Gasteiger partial charge in [0, 0.05) is 17.5 Å². The molecule has 3 amide bonds. The van der Waals surface area contributed by atoms with E-state index in [1.54, 1.807) is 29.1 Å². The first-order valence-corrected chi connectivity index (χ1v) is 10.4. The molecule has 3 aromatic rings. The molecule has 1 atom stereocenters. The Morgan fingerprint density at radius 1 is 1.12 bits per heavy atom. The second kappa shape index (κ2) is 7.92. The van der Waals surface area contributed by atoms with E-state index in [0.29, 0.717) is 23.4 Å². The number of carbonyl (C=O) groups excluding carboxylic acids is 3. The van der Waals surface area contributed by atoms with Crippen molar-refractivity contribution in [1.82, 2.24) is 25.2 Å². The van der Waals surface area contributed by atoms with Crippen molar-refractivity contribution in [2.75, 3.05) is 0 Å². The fourth-order valence-corrected chi connectivity index (χ4v) is 4.03. The molecule has 5 rings (SSSR count). The van der Waals surface area contributed by atoms with Gasteiger partial charge < -0.3 is 9.64 Å². The average molecular weight is 431 g/mol. The van der Waals surface area contributed by atoms with E-state index in [1.807, 2.05) is 31.2 Å². The maximum atomic E-state index is 12.9. The Labute approximate surface area is 184 Å². The molecule has 0 radical (unpaired) electrons. The average Bonchev–Trinajstić information content (AvgIpc) is 3.38. The lowest BCUT2D eigenvalue weighted by Gasteiger charge is -2.29. The highest BCUT2D eigenvalue weighted by atomic mass is 16.5. The Morgan fingerprint density at radius 3 is 2.72 bits per heavy atom. The normalized spacial score (nSPS) is 18.0. The molecule has 1 saturated heterocycles. The summed E-state index contributed by atoms with van der Waals surface area (Å²) in [7, 11) is 0. The van der Waals surface area contributed by atoms with E-state index in [4.69, 9.17) is 4.74 Å². The molecule has 2 aromatic carbocycles. The molecule has 0 spiro atoms. The lowest BCUT2D eigenvalue weighted by Crippen LogP contribution is -2.52. The minimum Gasteiger partial charge on any atom is -0.487 e. The van der Waals surface area contributed by atoms with E-state index in [9.17, 15) is 14.4 Å². The van der Waals surface area contributed by atoms with Gasteiger partial charge in [-0.2, -0.15) is 0 Å². The van der Waals surface area contributed by atoms with Crippen molar-refractivity contribution in [2.45, 2.75) is 39.0 Å². The standard InChI is InChI=1S/C23H21N5O4/c1-14-5-7-16(8-6-14)28-11-15(25-26-28)13-32-20-4-2-3-17-18(20)12-27(23(17)31)19-9-10-21(29)24-22(19)30/h2-8,11,19H,9-10,12-13H2,1H3,(H,24,29,30). The van der Waals surface area contributed by atoms with Crippen LogP contribution in [0.1, 0.15) is 40.0 Å². The van der Waals surface area contributed by atoms with Crippen molar-refractivity contribution in [1.29, 1.82) is 0 Å². The lowest BCUT2D eigenvalue weighted by molar-refractivity contribution is -0.136. The third-order valence-electron chi connectivity index (χ3n) is 5.75. The number of amides is 3. The molecule has 9 heteroatoms. The molecule has 162 valence electrons. The van der Waals surface area contributed by atoms with E-state index in [1.165, 1.54) is 4.90 Å². The van der Waals surface area contributed by atoms with Gasteiger partial charge in [-0.1, -0.05) is 29.0 Å². The molecule has 2 aliphatic rings. The van der Waals surface area contributed by atoms with E-state index >= 15 is 0 Å². The number of nitrogens with one attached hydrogen (secondary N) is 1. The first-order valence-electron chi connectivity index (χ1n) is 10.4. The van der Waals surface area contributed by atoms with E-state index in [-0.39, 0.29) is 31.4 Å². The van der Waals surface area contributed by atoms with Crippen LogP contribution in [-0.4, -0.2) is 43.7 Å². The van der Waals surface area contributed by atoms with Crippen molar-refractivity contribution in [2.24, 2.45) is 0 Å². The lowest BCUT2D eigenvalue weighted by atomic mass is 10.0. The highest BCUT2D eigenvalue weighted by molar-refractivity contribution is 6.05. The monoisotopic (exact) mass is 431 g/mol. The summed E-state index contributed by atoms with van der Waals surface area (Å²) >= 11 is 0. The largest absolute Gasteiger partial charge is 0.487 e. The first kappa shape index (κ1) is 19.9. The Hall–Kier alpha value is -4.01. The predicted molar refractivity (Wildman–Crippen MR) is 113 cm³/mol. The molecule has 1 aromatic heterocycles. The number of carbonyl (C=O) groups is 3. The van der Waals surface area contributed by atoms with Gasteiger partial charge in [0.15, 0.2) is 0 Å². The molecule has 3 heterocycles. The molecule has 0 aliphatic carbocycles. The second-order valence-electron chi connectivity index (χ2n) is 7.96. The fourth-order valence-electron chi connectivity index (χ4n) is 4.03. The number of aromatic nitrogens is 3. The highest BCUT2D eigenvalue weighted by Crippen LogP contribution is 2.33. The zero-order valence-corrected chi connectivity index (χ0v) is 17.4. The van der Waals surface area contributed by atoms with Crippen LogP contribution in [0.5, 0.6) is 5.75 Å². The Bertz CT molecular complexity index is 1220. The molecule has 1 N–H and O–H groups in total. The van der Waals surface area contributed by atoms with Gasteiger partial charge in [-0.15, -0.1) is 5.10 Å². The topological polar surface area (TPSA) is 106 Å². The van der Waals surface area contributed by atoms with Crippen LogP contribution in [0, 0.1) is 6.92 Å². The van der Waals surface area contributed by atoms with Gasteiger partial charge >= 0.3 is 0 Å². The third-order valence-corrected chi connectivity index (χ3v) is 5.75. The molecular weight excluding hydrogens is 410 g/mol. The number of benzene rings is 2. The first-order chi connectivity index (χ1) is 15.5. The summed E-state index contributed by atoms with van der Waals surface area (Å²) in [6.07, 6.45) is 2.34. The van der Waals surface area contributed by atoms with Gasteiger partial charge in [0.2, 0.25) is 11.8 Å². The number of aryl methyl sites for hydroxylation is 1. The SMILES string of the molecule is Cc1ccc(-n2cc(COc3cccc4c3CN(C3CCC(=O)NC3=O)C4=O)nn2)cc1. The summed E-state index contributed by atoms with van der Waals surface area (Å²) in [5, 5.41) is 10.6. The van der Waals surface area contributed by atoms with Crippen LogP contribution in [0.4, 0.5) is 0 Å². The number of imide groups is 1. The minimum atomic E-state index is -0.658. The summed E-state index contributed by atoms with van der Waals surface area (Å²) in [6, 6.07) is 12.6. The number of nitrogens with zero attached hydrogens (tertiary/aromatic N) is 4. The number of piperidine rings is 1. The Kier molecular flexibility index (Phi) is 4.93. The van der Waals surface area contributed by atoms with Crippen molar-refractivity contribution in [3.05, 3.63) is 71.0 Å². The van der Waals surface area contributed by atoms with E-state index < -0.39 is 11.9 Å². The molecule has 9 nitrogen and oxygen atoms in total. The van der Waals surface area contributed by atoms with Crippen molar-refractivity contribution >= 4 is 17.7 Å². The van der Waals surface area contributed by atoms with Crippen LogP contribution in [0.15, 0.2) is 48.7 Å². The number of hydrogen-bond donors (Lipinski definition) is 1. The van der Waals surface area contributed by atoms with E-state index in [2.05, 4.69) is 15.6 Å². The summed E-state index contributed by atoms with van der Waals surface area (Å²) in [5.41, 5.74) is 3.95. The Balaban J connectivity index is 1.31. The summed E-state index contributed by atoms with van der Waals surface area (Å²) in [5.74, 6) is -0.406. The van der Waals surface area contributed by atoms with Gasteiger partial charge in [0.1, 0.15) is 24.1 Å². The maximum Gasteiger partial charge on any atom is 0.255 e. The van der Waals surface area contributed by atoms with Crippen molar-refractivity contribution < 1.29 is 19.1 Å². The quantitative estimate of drug-likeness (QED) is 0.619. The molecule has 1 unspecified atom stereocenters. The summed E-state index contributed by atoms with van der Waals surface area (Å²) in [4.78, 5) is 38.1. The van der Waals surface area contributed by atoms with Crippen LogP contribution < -0.4 is 10.1 Å². The molecular formula is C23H21N5O4. The van der Waals surface area contributed by atoms with Crippen molar-refractivity contribution in [3.8, 4) is 11.4 Å². The minimum absolute atomic E-state index is 0.189. The zero-order chi connectivity index (χ0) is 22.2. The number of hydrogen-bond acceptors (Lipinski definition) is 6. The van der Waals surface area contributed by atoms with Crippen LogP contribution >= 0.6 is 0 Å². The van der Waals surface area contributed by atoms with Gasteiger partial charge in [0.25, 0.3) is 5.91 Å². The third kappa shape index (κ3) is 3.62. The van der Waals surface area contributed by atoms with Gasteiger partial charge in [0.05, 0.1) is 18.4 Å². The molecule has 1 fully saturated rings. The number of fused-ring (bicyclic) bond motifs is 1. The Morgan fingerprint density at radius 2 is 1.94 bits per heavy atom. The summed E-state index contributed by atoms with van der Waals surface area (Å²) in [6.45, 7) is 2.47. The van der Waals surface area contributed by atoms with Gasteiger partial charge in [-0.25, -0.2) is 4.68 Å². The molecule has 0 saturated carbocycles. The van der Waals surface area contributed by atoms with Crippen LogP contribution in [0.3, 0.4) is 0 Å². The van der Waals surface area contributed by atoms with Gasteiger partial charge in [-0.05, 0) is 37.6 Å². The van der Waals surface area contributed by atoms with Crippen molar-refractivity contribution in [3.63, 3.8) is 0 Å². The van der Waals surface area contributed by atoms with Crippen LogP contribution in [-0.2, 0) is 22.7 Å².